The zero-order valence-corrected chi connectivity index (χ0v) is 11.6. The van der Waals surface area contributed by atoms with Gasteiger partial charge in [0.25, 0.3) is 6.01 Å². The van der Waals surface area contributed by atoms with E-state index >= 15 is 0 Å². The van der Waals surface area contributed by atoms with E-state index in [1.807, 2.05) is 0 Å². The minimum Gasteiger partial charge on any atom is -0.478 e. The van der Waals surface area contributed by atoms with Crippen LogP contribution in [0.15, 0.2) is 22.6 Å². The maximum Gasteiger partial charge on any atom is 0.335 e. The molecule has 1 heterocycles. The van der Waals surface area contributed by atoms with Crippen molar-refractivity contribution in [3.05, 3.63) is 23.8 Å². The first-order chi connectivity index (χ1) is 9.54. The Morgan fingerprint density at radius 2 is 2.20 bits per heavy atom. The van der Waals surface area contributed by atoms with Crippen LogP contribution in [0.3, 0.4) is 0 Å². The number of carboxylic acids is 1. The Morgan fingerprint density at radius 3 is 2.85 bits per heavy atom. The van der Waals surface area contributed by atoms with Gasteiger partial charge in [0.1, 0.15) is 5.52 Å². The summed E-state index contributed by atoms with van der Waals surface area (Å²) in [6, 6.07) is 5.58. The number of carbonyl (C=O) groups is 1. The summed E-state index contributed by atoms with van der Waals surface area (Å²) in [7, 11) is 0. The molecule has 0 spiro atoms. The van der Waals surface area contributed by atoms with Crippen LogP contribution in [0.1, 0.15) is 37.0 Å². The molecule has 2 N–H and O–H groups in total. The Kier molecular flexibility index (Phi) is 3.12. The SMILES string of the molecule is CC1CCC(Nc2nc3ccc(C(=O)O)cc3o2)C1C. The van der Waals surface area contributed by atoms with E-state index in [4.69, 9.17) is 9.52 Å². The number of benzene rings is 1. The molecule has 1 saturated carbocycles. The summed E-state index contributed by atoms with van der Waals surface area (Å²) in [6.07, 6.45) is 2.32. The lowest BCUT2D eigenvalue weighted by atomic mass is 9.98. The molecule has 0 amide bonds. The van der Waals surface area contributed by atoms with E-state index in [0.717, 1.165) is 6.42 Å². The van der Waals surface area contributed by atoms with Crippen molar-refractivity contribution in [1.29, 1.82) is 0 Å². The van der Waals surface area contributed by atoms with Crippen molar-refractivity contribution in [2.45, 2.75) is 32.7 Å². The summed E-state index contributed by atoms with van der Waals surface area (Å²) < 4.78 is 5.62. The molecule has 5 nitrogen and oxygen atoms in total. The summed E-state index contributed by atoms with van der Waals surface area (Å²) in [5, 5.41) is 12.3. The third kappa shape index (κ3) is 2.24. The van der Waals surface area contributed by atoms with E-state index in [1.54, 1.807) is 6.07 Å². The fourth-order valence-electron chi connectivity index (χ4n) is 2.85. The average Bonchev–Trinajstić information content (AvgIpc) is 2.95. The van der Waals surface area contributed by atoms with E-state index in [9.17, 15) is 4.79 Å². The molecule has 1 fully saturated rings. The summed E-state index contributed by atoms with van der Waals surface area (Å²) in [4.78, 5) is 15.3. The molecule has 1 aliphatic rings. The molecule has 0 aliphatic heterocycles. The molecule has 106 valence electrons. The van der Waals surface area contributed by atoms with Crippen LogP contribution >= 0.6 is 0 Å². The van der Waals surface area contributed by atoms with Crippen LogP contribution in [-0.4, -0.2) is 22.1 Å². The average molecular weight is 274 g/mol. The van der Waals surface area contributed by atoms with Crippen molar-refractivity contribution in [3.63, 3.8) is 0 Å². The smallest absolute Gasteiger partial charge is 0.335 e. The Hall–Kier alpha value is -2.04. The lowest BCUT2D eigenvalue weighted by molar-refractivity contribution is 0.0697. The van der Waals surface area contributed by atoms with Crippen molar-refractivity contribution < 1.29 is 14.3 Å². The number of fused-ring (bicyclic) bond motifs is 1. The monoisotopic (exact) mass is 274 g/mol. The number of rotatable bonds is 3. The highest BCUT2D eigenvalue weighted by atomic mass is 16.4. The molecule has 5 heteroatoms. The second-order valence-corrected chi connectivity index (χ2v) is 5.67. The quantitative estimate of drug-likeness (QED) is 0.897. The van der Waals surface area contributed by atoms with Crippen LogP contribution in [0.5, 0.6) is 0 Å². The van der Waals surface area contributed by atoms with Crippen LogP contribution in [0, 0.1) is 11.8 Å². The number of nitrogens with zero attached hydrogens (tertiary/aromatic N) is 1. The number of hydrogen-bond donors (Lipinski definition) is 2. The van der Waals surface area contributed by atoms with Gasteiger partial charge in [0.15, 0.2) is 5.58 Å². The van der Waals surface area contributed by atoms with Gasteiger partial charge >= 0.3 is 5.97 Å². The Morgan fingerprint density at radius 1 is 1.40 bits per heavy atom. The molecule has 1 aromatic heterocycles. The molecule has 1 aliphatic carbocycles. The van der Waals surface area contributed by atoms with Crippen LogP contribution < -0.4 is 5.32 Å². The molecule has 3 atom stereocenters. The van der Waals surface area contributed by atoms with Gasteiger partial charge in [0.2, 0.25) is 0 Å². The van der Waals surface area contributed by atoms with Gasteiger partial charge < -0.3 is 14.8 Å². The highest BCUT2D eigenvalue weighted by Crippen LogP contribution is 2.33. The van der Waals surface area contributed by atoms with Gasteiger partial charge in [-0.1, -0.05) is 13.8 Å². The molecule has 1 aromatic carbocycles. The van der Waals surface area contributed by atoms with Crippen molar-refractivity contribution in [2.75, 3.05) is 5.32 Å². The predicted molar refractivity (Wildman–Crippen MR) is 75.9 cm³/mol. The summed E-state index contributed by atoms with van der Waals surface area (Å²) in [6.45, 7) is 4.50. The number of aromatic carboxylic acids is 1. The van der Waals surface area contributed by atoms with Gasteiger partial charge in [0, 0.05) is 6.04 Å². The van der Waals surface area contributed by atoms with Crippen LogP contribution in [0.2, 0.25) is 0 Å². The second-order valence-electron chi connectivity index (χ2n) is 5.67. The van der Waals surface area contributed by atoms with E-state index in [0.29, 0.717) is 35.0 Å². The zero-order valence-electron chi connectivity index (χ0n) is 11.6. The van der Waals surface area contributed by atoms with Gasteiger partial charge in [-0.3, -0.25) is 0 Å². The minimum atomic E-state index is -0.962. The lowest BCUT2D eigenvalue weighted by Crippen LogP contribution is -2.24. The number of hydrogen-bond acceptors (Lipinski definition) is 4. The highest BCUT2D eigenvalue weighted by Gasteiger charge is 2.30. The van der Waals surface area contributed by atoms with Crippen molar-refractivity contribution in [3.8, 4) is 0 Å². The third-order valence-corrected chi connectivity index (χ3v) is 4.41. The molecular formula is C15H18N2O3. The Balaban J connectivity index is 1.84. The van der Waals surface area contributed by atoms with Crippen LogP contribution in [0.25, 0.3) is 11.1 Å². The van der Waals surface area contributed by atoms with E-state index in [1.165, 1.54) is 18.6 Å². The van der Waals surface area contributed by atoms with E-state index < -0.39 is 5.97 Å². The summed E-state index contributed by atoms with van der Waals surface area (Å²) in [5.41, 5.74) is 1.39. The third-order valence-electron chi connectivity index (χ3n) is 4.41. The number of oxazole rings is 1. The topological polar surface area (TPSA) is 75.4 Å². The molecule has 0 bridgehead atoms. The fraction of sp³-hybridized carbons (Fsp3) is 0.467. The van der Waals surface area contributed by atoms with Crippen LogP contribution in [0.4, 0.5) is 6.01 Å². The maximum absolute atomic E-state index is 10.9. The molecule has 2 aromatic rings. The van der Waals surface area contributed by atoms with Gasteiger partial charge in [-0.25, -0.2) is 4.79 Å². The van der Waals surface area contributed by atoms with Crippen molar-refractivity contribution >= 4 is 23.1 Å². The normalized spacial score (nSPS) is 26.0. The first-order valence-electron chi connectivity index (χ1n) is 6.95. The van der Waals surface area contributed by atoms with Gasteiger partial charge in [-0.2, -0.15) is 4.98 Å². The largest absolute Gasteiger partial charge is 0.478 e. The summed E-state index contributed by atoms with van der Waals surface area (Å²) >= 11 is 0. The molecule has 3 unspecified atom stereocenters. The van der Waals surface area contributed by atoms with Crippen LogP contribution in [-0.2, 0) is 0 Å². The van der Waals surface area contributed by atoms with Gasteiger partial charge in [-0.15, -0.1) is 0 Å². The standard InChI is InChI=1S/C15H18N2O3/c1-8-3-5-11(9(8)2)16-15-17-12-6-4-10(14(18)19)7-13(12)20-15/h4,6-9,11H,3,5H2,1-2H3,(H,16,17)(H,18,19). The number of nitrogens with one attached hydrogen (secondary N) is 1. The molecule has 20 heavy (non-hydrogen) atoms. The number of anilines is 1. The zero-order chi connectivity index (χ0) is 14.3. The summed E-state index contributed by atoms with van der Waals surface area (Å²) in [5.74, 6) is 0.325. The molecule has 0 radical (unpaired) electrons. The first kappa shape index (κ1) is 13.0. The highest BCUT2D eigenvalue weighted by molar-refractivity contribution is 5.92. The Bertz CT molecular complexity index is 650. The fourth-order valence-corrected chi connectivity index (χ4v) is 2.85. The second kappa shape index (κ2) is 4.81. The maximum atomic E-state index is 10.9. The van der Waals surface area contributed by atoms with Gasteiger partial charge in [0.05, 0.1) is 5.56 Å². The number of carboxylic acid groups (broad SMARTS) is 1. The number of aromatic nitrogens is 1. The minimum absolute atomic E-state index is 0.211. The first-order valence-corrected chi connectivity index (χ1v) is 6.95. The Labute approximate surface area is 117 Å². The van der Waals surface area contributed by atoms with Gasteiger partial charge in [-0.05, 0) is 42.9 Å². The van der Waals surface area contributed by atoms with Crippen molar-refractivity contribution in [2.24, 2.45) is 11.8 Å². The van der Waals surface area contributed by atoms with E-state index in [-0.39, 0.29) is 5.56 Å². The molecular weight excluding hydrogens is 256 g/mol. The predicted octanol–water partition coefficient (Wildman–Crippen LogP) is 3.37. The van der Waals surface area contributed by atoms with Crippen molar-refractivity contribution in [1.82, 2.24) is 4.98 Å². The van der Waals surface area contributed by atoms with E-state index in [2.05, 4.69) is 24.1 Å². The lowest BCUT2D eigenvalue weighted by Gasteiger charge is -2.18. The molecule has 0 saturated heterocycles. The molecule has 3 rings (SSSR count).